The Labute approximate surface area is 82.2 Å². The molecule has 1 nitrogen and oxygen atoms in total. The van der Waals surface area contributed by atoms with Gasteiger partial charge >= 0.3 is 0 Å². The molecular formula is C12H22O. The minimum Gasteiger partial charge on any atom is -0.300 e. The smallest absolute Gasteiger partial charge is 0.130 e. The highest BCUT2D eigenvalue weighted by Gasteiger charge is 1.99. The Bertz CT molecular complexity index is 159. The third-order valence-electron chi connectivity index (χ3n) is 2.05. The monoisotopic (exact) mass is 182 g/mol. The summed E-state index contributed by atoms with van der Waals surface area (Å²) in [7, 11) is 0. The fourth-order valence-corrected chi connectivity index (χ4v) is 1.36. The molecule has 0 aliphatic heterocycles. The van der Waals surface area contributed by atoms with Gasteiger partial charge in [-0.25, -0.2) is 0 Å². The van der Waals surface area contributed by atoms with Gasteiger partial charge in [-0.15, -0.1) is 0 Å². The molecule has 76 valence electrons. The van der Waals surface area contributed by atoms with Crippen molar-refractivity contribution in [2.75, 3.05) is 0 Å². The molecule has 0 aromatic heterocycles. The maximum Gasteiger partial charge on any atom is 0.130 e. The van der Waals surface area contributed by atoms with Crippen LogP contribution in [0.25, 0.3) is 0 Å². The molecule has 13 heavy (non-hydrogen) atoms. The lowest BCUT2D eigenvalue weighted by Crippen LogP contribution is -1.97. The van der Waals surface area contributed by atoms with Crippen LogP contribution in [0.5, 0.6) is 0 Å². The molecule has 0 aliphatic rings. The number of ketones is 1. The van der Waals surface area contributed by atoms with Crippen molar-refractivity contribution in [1.29, 1.82) is 0 Å². The van der Waals surface area contributed by atoms with Crippen LogP contribution in [0.1, 0.15) is 52.9 Å². The Morgan fingerprint density at radius 3 is 2.62 bits per heavy atom. The van der Waals surface area contributed by atoms with E-state index in [2.05, 4.69) is 26.0 Å². The van der Waals surface area contributed by atoms with Gasteiger partial charge in [0.1, 0.15) is 5.78 Å². The summed E-state index contributed by atoms with van der Waals surface area (Å²) >= 11 is 0. The van der Waals surface area contributed by atoms with E-state index in [1.165, 1.54) is 19.3 Å². The van der Waals surface area contributed by atoms with E-state index in [9.17, 15) is 4.79 Å². The van der Waals surface area contributed by atoms with Crippen molar-refractivity contribution in [2.45, 2.75) is 52.9 Å². The van der Waals surface area contributed by atoms with Gasteiger partial charge in [0.25, 0.3) is 0 Å². The number of rotatable bonds is 7. The number of hydrogen-bond donors (Lipinski definition) is 0. The molecule has 1 heteroatoms. The Kier molecular flexibility index (Phi) is 7.66. The summed E-state index contributed by atoms with van der Waals surface area (Å²) in [6, 6.07) is 0. The van der Waals surface area contributed by atoms with Crippen molar-refractivity contribution in [2.24, 2.45) is 5.92 Å². The summed E-state index contributed by atoms with van der Waals surface area (Å²) in [5.74, 6) is 0.699. The van der Waals surface area contributed by atoms with E-state index in [1.807, 2.05) is 0 Å². The summed E-state index contributed by atoms with van der Waals surface area (Å²) in [4.78, 5) is 10.8. The quantitative estimate of drug-likeness (QED) is 0.433. The van der Waals surface area contributed by atoms with Crippen molar-refractivity contribution >= 4 is 5.78 Å². The van der Waals surface area contributed by atoms with E-state index in [4.69, 9.17) is 0 Å². The molecule has 0 rings (SSSR count). The summed E-state index contributed by atoms with van der Waals surface area (Å²) in [5, 5.41) is 0. The number of Topliss-reactive ketones (excluding diaryl/α,β-unsaturated/α-hetero) is 1. The summed E-state index contributed by atoms with van der Waals surface area (Å²) < 4.78 is 0. The molecule has 0 saturated carbocycles. The maximum absolute atomic E-state index is 10.8. The fraction of sp³-hybridized carbons (Fsp3) is 0.750. The zero-order valence-electron chi connectivity index (χ0n) is 9.18. The number of unbranched alkanes of at least 4 members (excludes halogenated alkanes) is 3. The van der Waals surface area contributed by atoms with Gasteiger partial charge in [-0.1, -0.05) is 38.8 Å². The third kappa shape index (κ3) is 9.32. The Morgan fingerprint density at radius 2 is 2.08 bits per heavy atom. The van der Waals surface area contributed by atoms with Crippen LogP contribution in [0.4, 0.5) is 0 Å². The Morgan fingerprint density at radius 1 is 1.38 bits per heavy atom. The fourth-order valence-electron chi connectivity index (χ4n) is 1.36. The van der Waals surface area contributed by atoms with E-state index < -0.39 is 0 Å². The SMILES string of the molecule is CCCCC/C=C/C(C)CC(C)=O. The number of carbonyl (C=O) groups excluding carboxylic acids is 1. The van der Waals surface area contributed by atoms with Gasteiger partial charge in [-0.3, -0.25) is 0 Å². The van der Waals surface area contributed by atoms with Gasteiger partial charge in [0, 0.05) is 6.42 Å². The van der Waals surface area contributed by atoms with Gasteiger partial charge in [0.2, 0.25) is 0 Å². The largest absolute Gasteiger partial charge is 0.300 e. The van der Waals surface area contributed by atoms with Crippen LogP contribution in [0, 0.1) is 5.92 Å². The lowest BCUT2D eigenvalue weighted by Gasteiger charge is -2.01. The maximum atomic E-state index is 10.8. The van der Waals surface area contributed by atoms with Crippen molar-refractivity contribution in [1.82, 2.24) is 0 Å². The first-order valence-electron chi connectivity index (χ1n) is 5.33. The molecule has 0 saturated heterocycles. The van der Waals surface area contributed by atoms with Crippen LogP contribution in [-0.4, -0.2) is 5.78 Å². The van der Waals surface area contributed by atoms with E-state index in [1.54, 1.807) is 6.92 Å². The predicted octanol–water partition coefficient (Wildman–Crippen LogP) is 3.74. The zero-order chi connectivity index (χ0) is 10.1. The van der Waals surface area contributed by atoms with E-state index in [0.717, 1.165) is 6.42 Å². The molecule has 1 atom stereocenters. The van der Waals surface area contributed by atoms with Crippen LogP contribution >= 0.6 is 0 Å². The second kappa shape index (κ2) is 8.03. The average Bonchev–Trinajstić information content (AvgIpc) is 2.02. The van der Waals surface area contributed by atoms with E-state index in [0.29, 0.717) is 12.3 Å². The highest BCUT2D eigenvalue weighted by atomic mass is 16.1. The first-order valence-corrected chi connectivity index (χ1v) is 5.33. The summed E-state index contributed by atoms with van der Waals surface area (Å²) in [6.07, 6.45) is 10.1. The number of allylic oxidation sites excluding steroid dienone is 2. The number of hydrogen-bond acceptors (Lipinski definition) is 1. The average molecular weight is 182 g/mol. The van der Waals surface area contributed by atoms with Crippen LogP contribution in [-0.2, 0) is 4.79 Å². The molecule has 0 N–H and O–H groups in total. The minimum absolute atomic E-state index is 0.283. The first-order chi connectivity index (χ1) is 6.16. The van der Waals surface area contributed by atoms with Crippen molar-refractivity contribution < 1.29 is 4.79 Å². The second-order valence-corrected chi connectivity index (χ2v) is 3.81. The second-order valence-electron chi connectivity index (χ2n) is 3.81. The summed E-state index contributed by atoms with van der Waals surface area (Å²) in [5.41, 5.74) is 0. The molecule has 1 unspecified atom stereocenters. The molecule has 0 bridgehead atoms. The van der Waals surface area contributed by atoms with Crippen molar-refractivity contribution in [3.8, 4) is 0 Å². The molecule has 0 fully saturated rings. The van der Waals surface area contributed by atoms with Crippen molar-refractivity contribution in [3.63, 3.8) is 0 Å². The first kappa shape index (κ1) is 12.4. The van der Waals surface area contributed by atoms with Gasteiger partial charge in [0.15, 0.2) is 0 Å². The lowest BCUT2D eigenvalue weighted by atomic mass is 10.0. The van der Waals surface area contributed by atoms with Crippen LogP contribution < -0.4 is 0 Å². The van der Waals surface area contributed by atoms with Gasteiger partial charge in [-0.2, -0.15) is 0 Å². The Balaban J connectivity index is 3.41. The van der Waals surface area contributed by atoms with Crippen LogP contribution in [0.15, 0.2) is 12.2 Å². The number of carbonyl (C=O) groups is 1. The molecule has 0 spiro atoms. The minimum atomic E-state index is 0.283. The van der Waals surface area contributed by atoms with E-state index in [-0.39, 0.29) is 5.78 Å². The van der Waals surface area contributed by atoms with E-state index >= 15 is 0 Å². The van der Waals surface area contributed by atoms with Crippen LogP contribution in [0.2, 0.25) is 0 Å². The van der Waals surface area contributed by atoms with Gasteiger partial charge < -0.3 is 4.79 Å². The van der Waals surface area contributed by atoms with Crippen LogP contribution in [0.3, 0.4) is 0 Å². The topological polar surface area (TPSA) is 17.1 Å². The standard InChI is InChI=1S/C12H22O/c1-4-5-6-7-8-9-11(2)10-12(3)13/h8-9,11H,4-7,10H2,1-3H3/b9-8+. The molecule has 0 radical (unpaired) electrons. The molecular weight excluding hydrogens is 160 g/mol. The van der Waals surface area contributed by atoms with Gasteiger partial charge in [0.05, 0.1) is 0 Å². The highest BCUT2D eigenvalue weighted by molar-refractivity contribution is 5.75. The van der Waals surface area contributed by atoms with Crippen molar-refractivity contribution in [3.05, 3.63) is 12.2 Å². The third-order valence-corrected chi connectivity index (χ3v) is 2.05. The zero-order valence-corrected chi connectivity index (χ0v) is 9.18. The summed E-state index contributed by atoms with van der Waals surface area (Å²) in [6.45, 7) is 5.96. The highest BCUT2D eigenvalue weighted by Crippen LogP contribution is 2.06. The predicted molar refractivity (Wildman–Crippen MR) is 57.7 cm³/mol. The molecule has 0 heterocycles. The molecule has 0 aliphatic carbocycles. The molecule has 0 aromatic rings. The lowest BCUT2D eigenvalue weighted by molar-refractivity contribution is -0.117. The Hall–Kier alpha value is -0.590. The molecule has 0 aromatic carbocycles. The molecule has 0 amide bonds. The van der Waals surface area contributed by atoms with Gasteiger partial charge in [-0.05, 0) is 25.7 Å². The normalized spacial score (nSPS) is 13.5.